The summed E-state index contributed by atoms with van der Waals surface area (Å²) in [7, 11) is 1.69. The number of benzene rings is 1. The number of aromatic nitrogens is 2. The van der Waals surface area contributed by atoms with Gasteiger partial charge in [-0.05, 0) is 25.0 Å². The Hall–Kier alpha value is -1.22. The first-order chi connectivity index (χ1) is 9.24. The predicted molar refractivity (Wildman–Crippen MR) is 80.3 cm³/mol. The molecule has 104 valence electrons. The van der Waals surface area contributed by atoms with Crippen molar-refractivity contribution in [1.82, 2.24) is 9.55 Å². The molecule has 0 unspecified atom stereocenters. The zero-order valence-electron chi connectivity index (χ0n) is 11.8. The van der Waals surface area contributed by atoms with E-state index in [1.54, 1.807) is 7.11 Å². The summed E-state index contributed by atoms with van der Waals surface area (Å²) in [4.78, 5) is 4.72. The van der Waals surface area contributed by atoms with Gasteiger partial charge in [0, 0.05) is 24.4 Å². The van der Waals surface area contributed by atoms with Crippen molar-refractivity contribution in [1.29, 1.82) is 0 Å². The van der Waals surface area contributed by atoms with Gasteiger partial charge in [0.05, 0.1) is 18.1 Å². The highest BCUT2D eigenvalue weighted by molar-refractivity contribution is 6.17. The Morgan fingerprint density at radius 1 is 1.32 bits per heavy atom. The maximum Gasteiger partial charge on any atom is 0.121 e. The zero-order valence-corrected chi connectivity index (χ0v) is 12.6. The van der Waals surface area contributed by atoms with Gasteiger partial charge < -0.3 is 9.30 Å². The van der Waals surface area contributed by atoms with Crippen LogP contribution in [-0.4, -0.2) is 22.5 Å². The molecule has 2 aromatic rings. The molecular formula is C15H21ClN2O. The van der Waals surface area contributed by atoms with Crippen LogP contribution < -0.4 is 4.74 Å². The third kappa shape index (κ3) is 2.71. The van der Waals surface area contributed by atoms with Crippen molar-refractivity contribution in [3.05, 3.63) is 24.0 Å². The average molecular weight is 281 g/mol. The van der Waals surface area contributed by atoms with E-state index in [0.29, 0.717) is 11.9 Å². The molecule has 0 aliphatic rings. The molecule has 1 aromatic heterocycles. The normalized spacial score (nSPS) is 11.4. The minimum atomic E-state index is 0.468. The second-order valence-electron chi connectivity index (χ2n) is 4.66. The summed E-state index contributed by atoms with van der Waals surface area (Å²) in [5.74, 6) is 2.55. The van der Waals surface area contributed by atoms with Gasteiger partial charge in [0.15, 0.2) is 0 Å². The smallest absolute Gasteiger partial charge is 0.121 e. The molecule has 0 aliphatic heterocycles. The Bertz CT molecular complexity index is 546. The van der Waals surface area contributed by atoms with Crippen molar-refractivity contribution >= 4 is 22.6 Å². The molecule has 0 N–H and O–H groups in total. The molecule has 0 saturated carbocycles. The molecule has 0 aliphatic carbocycles. The lowest BCUT2D eigenvalue weighted by Gasteiger charge is -2.18. The Kier molecular flexibility index (Phi) is 4.70. The number of methoxy groups -OCH3 is 1. The fourth-order valence-corrected chi connectivity index (χ4v) is 2.74. The van der Waals surface area contributed by atoms with Crippen molar-refractivity contribution in [3.63, 3.8) is 0 Å². The second-order valence-corrected chi connectivity index (χ2v) is 5.04. The lowest BCUT2D eigenvalue weighted by Crippen LogP contribution is -2.11. The lowest BCUT2D eigenvalue weighted by atomic mass is 10.1. The first-order valence-electron chi connectivity index (χ1n) is 6.85. The van der Waals surface area contributed by atoms with Crippen molar-refractivity contribution in [3.8, 4) is 5.75 Å². The summed E-state index contributed by atoms with van der Waals surface area (Å²) in [5.41, 5.74) is 2.17. The number of hydrogen-bond donors (Lipinski definition) is 0. The summed E-state index contributed by atoms with van der Waals surface area (Å²) in [5, 5.41) is 0. The first kappa shape index (κ1) is 14.2. The first-order valence-corrected chi connectivity index (χ1v) is 7.39. The molecular weight excluding hydrogens is 260 g/mol. The van der Waals surface area contributed by atoms with Gasteiger partial charge in [-0.2, -0.15) is 0 Å². The monoisotopic (exact) mass is 280 g/mol. The van der Waals surface area contributed by atoms with E-state index in [-0.39, 0.29) is 0 Å². The van der Waals surface area contributed by atoms with E-state index in [1.165, 1.54) is 0 Å². The Balaban J connectivity index is 2.62. The van der Waals surface area contributed by atoms with Gasteiger partial charge in [-0.3, -0.25) is 0 Å². The average Bonchev–Trinajstić information content (AvgIpc) is 2.78. The van der Waals surface area contributed by atoms with Gasteiger partial charge in [-0.15, -0.1) is 11.6 Å². The molecule has 2 rings (SSSR count). The van der Waals surface area contributed by atoms with Crippen LogP contribution in [0, 0.1) is 0 Å². The van der Waals surface area contributed by atoms with Gasteiger partial charge in [0.2, 0.25) is 0 Å². The van der Waals surface area contributed by atoms with E-state index in [2.05, 4.69) is 24.5 Å². The molecule has 3 nitrogen and oxygen atoms in total. The number of nitrogens with zero attached hydrogens (tertiary/aromatic N) is 2. The summed E-state index contributed by atoms with van der Waals surface area (Å²) in [6.07, 6.45) is 2.98. The molecule has 0 bridgehead atoms. The van der Waals surface area contributed by atoms with E-state index in [1.807, 2.05) is 12.1 Å². The van der Waals surface area contributed by atoms with Crippen LogP contribution in [0.4, 0.5) is 0 Å². The van der Waals surface area contributed by atoms with Gasteiger partial charge >= 0.3 is 0 Å². The molecule has 4 heteroatoms. The van der Waals surface area contributed by atoms with Gasteiger partial charge in [-0.1, -0.05) is 13.8 Å². The molecule has 19 heavy (non-hydrogen) atoms. The minimum Gasteiger partial charge on any atom is -0.497 e. The fraction of sp³-hybridized carbons (Fsp3) is 0.533. The largest absolute Gasteiger partial charge is 0.497 e. The van der Waals surface area contributed by atoms with E-state index in [0.717, 1.165) is 41.9 Å². The highest BCUT2D eigenvalue weighted by Gasteiger charge is 2.16. The van der Waals surface area contributed by atoms with E-state index < -0.39 is 0 Å². The third-order valence-corrected chi connectivity index (χ3v) is 3.78. The number of hydrogen-bond acceptors (Lipinski definition) is 2. The number of ether oxygens (including phenoxy) is 1. The summed E-state index contributed by atoms with van der Waals surface area (Å²) in [6, 6.07) is 6.51. The molecule has 0 atom stereocenters. The summed E-state index contributed by atoms with van der Waals surface area (Å²) in [6.45, 7) is 4.43. The molecule has 0 amide bonds. The molecule has 1 aromatic carbocycles. The van der Waals surface area contributed by atoms with Crippen LogP contribution in [0.2, 0.25) is 0 Å². The van der Waals surface area contributed by atoms with E-state index in [9.17, 15) is 0 Å². The van der Waals surface area contributed by atoms with Crippen LogP contribution >= 0.6 is 11.6 Å². The van der Waals surface area contributed by atoms with Crippen molar-refractivity contribution in [2.24, 2.45) is 0 Å². The summed E-state index contributed by atoms with van der Waals surface area (Å²) >= 11 is 5.91. The lowest BCUT2D eigenvalue weighted by molar-refractivity contribution is 0.414. The minimum absolute atomic E-state index is 0.468. The van der Waals surface area contributed by atoms with Crippen LogP contribution in [0.1, 0.15) is 38.6 Å². The van der Waals surface area contributed by atoms with E-state index >= 15 is 0 Å². The number of imidazole rings is 1. The molecule has 0 spiro atoms. The fourth-order valence-electron chi connectivity index (χ4n) is 2.57. The SMILES string of the molecule is CCC(CC)n1c(CCCl)nc2ccc(OC)cc21. The molecule has 1 heterocycles. The van der Waals surface area contributed by atoms with Crippen LogP contribution in [0.3, 0.4) is 0 Å². The number of rotatable bonds is 6. The topological polar surface area (TPSA) is 27.1 Å². The van der Waals surface area contributed by atoms with Crippen LogP contribution in [0.25, 0.3) is 11.0 Å². The Morgan fingerprint density at radius 3 is 2.63 bits per heavy atom. The maximum absolute atomic E-state index is 5.91. The van der Waals surface area contributed by atoms with Gasteiger partial charge in [-0.25, -0.2) is 4.98 Å². The Morgan fingerprint density at radius 2 is 2.05 bits per heavy atom. The van der Waals surface area contributed by atoms with Gasteiger partial charge in [0.25, 0.3) is 0 Å². The number of halogens is 1. The second kappa shape index (κ2) is 6.29. The maximum atomic E-state index is 5.91. The third-order valence-electron chi connectivity index (χ3n) is 3.60. The Labute approximate surface area is 119 Å². The molecule has 0 saturated heterocycles. The number of aryl methyl sites for hydroxylation is 1. The zero-order chi connectivity index (χ0) is 13.8. The van der Waals surface area contributed by atoms with Crippen molar-refractivity contribution in [2.75, 3.05) is 13.0 Å². The van der Waals surface area contributed by atoms with Crippen molar-refractivity contribution in [2.45, 2.75) is 39.2 Å². The van der Waals surface area contributed by atoms with Crippen molar-refractivity contribution < 1.29 is 4.74 Å². The standard InChI is InChI=1S/C15H21ClN2O/c1-4-11(5-2)18-14-10-12(19-3)6-7-13(14)17-15(18)8-9-16/h6-7,10-11H,4-5,8-9H2,1-3H3. The van der Waals surface area contributed by atoms with E-state index in [4.69, 9.17) is 21.3 Å². The van der Waals surface area contributed by atoms with Crippen LogP contribution in [-0.2, 0) is 6.42 Å². The summed E-state index contributed by atoms with van der Waals surface area (Å²) < 4.78 is 7.66. The van der Waals surface area contributed by atoms with Crippen LogP contribution in [0.15, 0.2) is 18.2 Å². The quantitative estimate of drug-likeness (QED) is 0.742. The van der Waals surface area contributed by atoms with Gasteiger partial charge in [0.1, 0.15) is 11.6 Å². The predicted octanol–water partition coefficient (Wildman–Crippen LogP) is 4.19. The highest BCUT2D eigenvalue weighted by Crippen LogP contribution is 2.28. The highest BCUT2D eigenvalue weighted by atomic mass is 35.5. The molecule has 0 fully saturated rings. The number of fused-ring (bicyclic) bond motifs is 1. The molecule has 0 radical (unpaired) electrons. The number of alkyl halides is 1. The van der Waals surface area contributed by atoms with Crippen LogP contribution in [0.5, 0.6) is 5.75 Å².